The number of carbonyl (C=O) groups excluding carboxylic acids is 1. The number of nitro benzene ring substituents is 1. The number of nitro groups is 1. The van der Waals surface area contributed by atoms with Crippen molar-refractivity contribution in [2.75, 3.05) is 7.11 Å². The summed E-state index contributed by atoms with van der Waals surface area (Å²) in [5, 5.41) is 33.1. The zero-order chi connectivity index (χ0) is 21.6. The lowest BCUT2D eigenvalue weighted by Crippen LogP contribution is -2.33. The predicted octanol–water partition coefficient (Wildman–Crippen LogP) is 0.939. The maximum Gasteiger partial charge on any atom is 0.311 e. The van der Waals surface area contributed by atoms with Crippen LogP contribution in [0.5, 0.6) is 5.75 Å². The van der Waals surface area contributed by atoms with Crippen LogP contribution in [0.4, 0.5) is 5.69 Å². The van der Waals surface area contributed by atoms with Gasteiger partial charge < -0.3 is 14.4 Å². The molecule has 0 atom stereocenters. The molecule has 11 nitrogen and oxygen atoms in total. The fraction of sp³-hybridized carbons (Fsp3) is 0.222. The van der Waals surface area contributed by atoms with Crippen molar-refractivity contribution < 1.29 is 19.6 Å². The molecule has 1 aromatic carbocycles. The van der Waals surface area contributed by atoms with Crippen molar-refractivity contribution in [3.8, 4) is 11.8 Å². The number of amides is 1. The van der Waals surface area contributed by atoms with Gasteiger partial charge in [0.25, 0.3) is 11.5 Å². The van der Waals surface area contributed by atoms with Crippen LogP contribution in [0.2, 0.25) is 0 Å². The summed E-state index contributed by atoms with van der Waals surface area (Å²) in [6, 6.07) is 7.02. The molecule has 150 valence electrons. The summed E-state index contributed by atoms with van der Waals surface area (Å²) in [5.74, 6) is -1.13. The van der Waals surface area contributed by atoms with Crippen molar-refractivity contribution in [3.63, 3.8) is 0 Å². The van der Waals surface area contributed by atoms with Gasteiger partial charge in [-0.15, -0.1) is 0 Å². The van der Waals surface area contributed by atoms with Gasteiger partial charge in [0.05, 0.1) is 17.7 Å². The highest BCUT2D eigenvalue weighted by molar-refractivity contribution is 5.83. The van der Waals surface area contributed by atoms with Crippen LogP contribution in [-0.2, 0) is 22.7 Å². The Bertz CT molecular complexity index is 1080. The van der Waals surface area contributed by atoms with E-state index >= 15 is 0 Å². The molecule has 11 heteroatoms. The second kappa shape index (κ2) is 9.25. The Morgan fingerprint density at radius 1 is 1.48 bits per heavy atom. The van der Waals surface area contributed by atoms with E-state index in [1.54, 1.807) is 13.0 Å². The fourth-order valence-corrected chi connectivity index (χ4v) is 2.54. The van der Waals surface area contributed by atoms with E-state index < -0.39 is 27.8 Å². The van der Waals surface area contributed by atoms with Crippen molar-refractivity contribution in [1.29, 1.82) is 5.26 Å². The maximum atomic E-state index is 12.5. The molecule has 29 heavy (non-hydrogen) atoms. The van der Waals surface area contributed by atoms with Crippen LogP contribution >= 0.6 is 0 Å². The minimum Gasteiger partial charge on any atom is -0.502 e. The molecule has 0 spiro atoms. The van der Waals surface area contributed by atoms with Crippen molar-refractivity contribution in [3.05, 3.63) is 67.1 Å². The lowest BCUT2D eigenvalue weighted by molar-refractivity contribution is -0.385. The second-order valence-electron chi connectivity index (χ2n) is 5.92. The number of aromatic nitrogens is 1. The smallest absolute Gasteiger partial charge is 0.311 e. The minimum absolute atomic E-state index is 0.0923. The third-order valence-corrected chi connectivity index (χ3v) is 3.90. The molecule has 0 unspecified atom stereocenters. The molecule has 0 aliphatic rings. The first kappa shape index (κ1) is 21.3. The Hall–Kier alpha value is -4.04. The number of phenols is 1. The Balaban J connectivity index is 2.15. The van der Waals surface area contributed by atoms with Gasteiger partial charge in [-0.25, -0.2) is 5.43 Å². The van der Waals surface area contributed by atoms with Crippen LogP contribution in [0.15, 0.2) is 34.2 Å². The number of aromatic hydroxyl groups is 1. The third-order valence-electron chi connectivity index (χ3n) is 3.90. The number of methoxy groups -OCH3 is 1. The van der Waals surface area contributed by atoms with Crippen molar-refractivity contribution in [2.45, 2.75) is 20.1 Å². The monoisotopic (exact) mass is 399 g/mol. The zero-order valence-corrected chi connectivity index (χ0v) is 15.6. The summed E-state index contributed by atoms with van der Waals surface area (Å²) in [6.07, 6.45) is 1.16. The molecule has 1 amide bonds. The molecule has 1 heterocycles. The molecule has 2 aromatic rings. The molecule has 0 saturated heterocycles. The van der Waals surface area contributed by atoms with Crippen LogP contribution < -0.4 is 11.0 Å². The second-order valence-corrected chi connectivity index (χ2v) is 5.92. The van der Waals surface area contributed by atoms with Crippen molar-refractivity contribution in [2.24, 2.45) is 5.10 Å². The van der Waals surface area contributed by atoms with Crippen LogP contribution in [0, 0.1) is 28.4 Å². The lowest BCUT2D eigenvalue weighted by atomic mass is 10.1. The molecule has 0 saturated carbocycles. The number of nitriles is 1. The molecular weight excluding hydrogens is 382 g/mol. The zero-order valence-electron chi connectivity index (χ0n) is 15.6. The molecule has 0 aliphatic heterocycles. The van der Waals surface area contributed by atoms with E-state index in [1.807, 2.05) is 6.07 Å². The maximum absolute atomic E-state index is 12.5. The van der Waals surface area contributed by atoms with E-state index in [-0.39, 0.29) is 24.3 Å². The molecule has 0 fully saturated rings. The number of phenolic OH excluding ortho intramolecular Hbond substituents is 1. The summed E-state index contributed by atoms with van der Waals surface area (Å²) >= 11 is 0. The molecule has 2 N–H and O–H groups in total. The number of hydrogen-bond donors (Lipinski definition) is 2. The summed E-state index contributed by atoms with van der Waals surface area (Å²) < 4.78 is 6.10. The number of benzene rings is 1. The topological polar surface area (TPSA) is 160 Å². The van der Waals surface area contributed by atoms with Gasteiger partial charge in [0, 0.05) is 30.0 Å². The van der Waals surface area contributed by atoms with Crippen molar-refractivity contribution in [1.82, 2.24) is 9.99 Å². The Morgan fingerprint density at radius 2 is 2.21 bits per heavy atom. The van der Waals surface area contributed by atoms with Gasteiger partial charge in [-0.2, -0.15) is 10.4 Å². The highest BCUT2D eigenvalue weighted by atomic mass is 16.6. The average Bonchev–Trinajstić information content (AvgIpc) is 2.66. The number of ether oxygens (including phenoxy) is 1. The predicted molar refractivity (Wildman–Crippen MR) is 101 cm³/mol. The van der Waals surface area contributed by atoms with Gasteiger partial charge in [0.2, 0.25) is 0 Å². The average molecular weight is 399 g/mol. The minimum atomic E-state index is -0.750. The number of rotatable bonds is 7. The van der Waals surface area contributed by atoms with Gasteiger partial charge in [-0.05, 0) is 25.1 Å². The Kier molecular flexibility index (Phi) is 6.78. The SMILES string of the molecule is COCc1cc(C)n(CC(=O)N/N=C/c2ccc(O)c([N+](=O)[O-])c2)c(=O)c1C#N. The highest BCUT2D eigenvalue weighted by Crippen LogP contribution is 2.25. The molecular formula is C18H17N5O6. The highest BCUT2D eigenvalue weighted by Gasteiger charge is 2.15. The van der Waals surface area contributed by atoms with Crippen LogP contribution in [0.1, 0.15) is 22.4 Å². The van der Waals surface area contributed by atoms with E-state index in [2.05, 4.69) is 10.5 Å². The summed E-state index contributed by atoms with van der Waals surface area (Å²) in [7, 11) is 1.44. The number of aryl methyl sites for hydroxylation is 1. The number of nitrogens with zero attached hydrogens (tertiary/aromatic N) is 4. The Morgan fingerprint density at radius 3 is 2.83 bits per heavy atom. The van der Waals surface area contributed by atoms with Gasteiger partial charge in [0.15, 0.2) is 5.75 Å². The van der Waals surface area contributed by atoms with Gasteiger partial charge >= 0.3 is 5.69 Å². The first-order valence-electron chi connectivity index (χ1n) is 8.20. The fourth-order valence-electron chi connectivity index (χ4n) is 2.54. The summed E-state index contributed by atoms with van der Waals surface area (Å²) in [4.78, 5) is 34.6. The first-order valence-corrected chi connectivity index (χ1v) is 8.20. The number of hydrazone groups is 1. The third kappa shape index (κ3) is 5.02. The molecule has 0 radical (unpaired) electrons. The molecule has 2 rings (SSSR count). The summed E-state index contributed by atoms with van der Waals surface area (Å²) in [5.41, 5.74) is 2.16. The van der Waals surface area contributed by atoms with Crippen LogP contribution in [-0.4, -0.2) is 33.8 Å². The number of carbonyl (C=O) groups is 1. The van der Waals surface area contributed by atoms with Crippen LogP contribution in [0.25, 0.3) is 0 Å². The van der Waals surface area contributed by atoms with E-state index in [0.29, 0.717) is 11.3 Å². The van der Waals surface area contributed by atoms with E-state index in [1.165, 1.54) is 13.2 Å². The molecule has 1 aromatic heterocycles. The molecule has 0 aliphatic carbocycles. The quantitative estimate of drug-likeness (QED) is 0.398. The number of hydrogen-bond acceptors (Lipinski definition) is 8. The normalized spacial score (nSPS) is 10.7. The van der Waals surface area contributed by atoms with Gasteiger partial charge in [0.1, 0.15) is 18.2 Å². The van der Waals surface area contributed by atoms with E-state index in [0.717, 1.165) is 22.9 Å². The van der Waals surface area contributed by atoms with Crippen molar-refractivity contribution >= 4 is 17.8 Å². The number of pyridine rings is 1. The lowest BCUT2D eigenvalue weighted by Gasteiger charge is -2.12. The Labute approximate surface area is 164 Å². The van der Waals surface area contributed by atoms with Crippen LogP contribution in [0.3, 0.4) is 0 Å². The van der Waals surface area contributed by atoms with Gasteiger partial charge in [-0.3, -0.25) is 19.7 Å². The summed E-state index contributed by atoms with van der Waals surface area (Å²) in [6.45, 7) is 1.34. The largest absolute Gasteiger partial charge is 0.502 e. The van der Waals surface area contributed by atoms with E-state index in [9.17, 15) is 30.1 Å². The standard InChI is InChI=1S/C18H17N5O6/c1-11-5-13(10-29-2)14(7-19)18(26)22(11)9-17(25)21-20-8-12-3-4-16(24)15(6-12)23(27)28/h3-6,8,24H,9-10H2,1-2H3,(H,21,25)/b20-8+. The number of nitrogens with one attached hydrogen (secondary N) is 1. The molecule has 0 bridgehead atoms. The van der Waals surface area contributed by atoms with Gasteiger partial charge in [-0.1, -0.05) is 0 Å². The van der Waals surface area contributed by atoms with E-state index in [4.69, 9.17) is 4.74 Å². The first-order chi connectivity index (χ1) is 13.8.